The Hall–Kier alpha value is -5.40. The van der Waals surface area contributed by atoms with Crippen LogP contribution in [-0.4, -0.2) is 67.8 Å². The molecule has 2 aliphatic rings. The molecule has 1 amide bonds. The monoisotopic (exact) mass is 694 g/mol. The minimum atomic E-state index is -0.798. The predicted molar refractivity (Wildman–Crippen MR) is 187 cm³/mol. The molecule has 8 rings (SSSR count). The van der Waals surface area contributed by atoms with E-state index in [9.17, 15) is 9.18 Å². The fourth-order valence-electron chi connectivity index (χ4n) is 6.62. The van der Waals surface area contributed by atoms with Crippen molar-refractivity contribution in [1.82, 2.24) is 29.4 Å². The number of hydrogen-bond acceptors (Lipinski definition) is 8. The predicted octanol–water partition coefficient (Wildman–Crippen LogP) is 6.92. The maximum absolute atomic E-state index is 16.2. The zero-order chi connectivity index (χ0) is 34.5. The maximum Gasteiger partial charge on any atom is 0.246 e. The van der Waals surface area contributed by atoms with Gasteiger partial charge < -0.3 is 19.1 Å². The van der Waals surface area contributed by atoms with Crippen LogP contribution in [0.3, 0.4) is 0 Å². The summed E-state index contributed by atoms with van der Waals surface area (Å²) in [6.45, 7) is 7.20. The Bertz CT molecular complexity index is 2340. The fraction of sp³-hybridized carbons (Fsp3) is 0.243. The van der Waals surface area contributed by atoms with Gasteiger partial charge in [0.2, 0.25) is 5.91 Å². The van der Waals surface area contributed by atoms with Gasteiger partial charge in [-0.3, -0.25) is 14.2 Å². The summed E-state index contributed by atoms with van der Waals surface area (Å²) in [4.78, 5) is 19.7. The van der Waals surface area contributed by atoms with Crippen molar-refractivity contribution in [3.8, 4) is 45.3 Å². The molecule has 13 heteroatoms. The average molecular weight is 695 g/mol. The van der Waals surface area contributed by atoms with E-state index in [4.69, 9.17) is 24.3 Å². The van der Waals surface area contributed by atoms with Crippen LogP contribution >= 0.6 is 11.3 Å². The average Bonchev–Trinajstić information content (AvgIpc) is 3.84. The van der Waals surface area contributed by atoms with Crippen molar-refractivity contribution < 1.29 is 27.8 Å². The largest absolute Gasteiger partial charge is 0.490 e. The fourth-order valence-corrected chi connectivity index (χ4v) is 7.57. The lowest BCUT2D eigenvalue weighted by Crippen LogP contribution is -2.44. The summed E-state index contributed by atoms with van der Waals surface area (Å²) in [5, 5.41) is 13.0. The highest BCUT2D eigenvalue weighted by Crippen LogP contribution is 2.48. The number of amides is 1. The smallest absolute Gasteiger partial charge is 0.246 e. The molecule has 50 heavy (non-hydrogen) atoms. The molecule has 0 fully saturated rings. The third kappa shape index (κ3) is 5.52. The van der Waals surface area contributed by atoms with Gasteiger partial charge in [0, 0.05) is 57.9 Å². The van der Waals surface area contributed by atoms with Crippen molar-refractivity contribution in [3.05, 3.63) is 90.1 Å². The van der Waals surface area contributed by atoms with Crippen molar-refractivity contribution in [1.29, 1.82) is 0 Å². The SMILES string of the molecule is C=CC(=O)N1Cc2cc(-c3nc4c5ccsc5c3-c3c(F)cc(F)cc3OCCOC/C=C/COc3cc5c(cnn5C)cc3-4)nn2C[C@H]1C. The van der Waals surface area contributed by atoms with Crippen LogP contribution < -0.4 is 9.47 Å². The molecule has 0 aliphatic carbocycles. The Balaban J connectivity index is 1.43. The van der Waals surface area contributed by atoms with Crippen LogP contribution in [0, 0.1) is 11.6 Å². The molecule has 6 aromatic rings. The number of aromatic nitrogens is 5. The molecule has 0 N–H and O–H groups in total. The number of fused-ring (bicyclic) bond motifs is 6. The van der Waals surface area contributed by atoms with Crippen molar-refractivity contribution in [2.75, 3.05) is 26.4 Å². The number of carbonyl (C=O) groups is 1. The number of hydrogen-bond donors (Lipinski definition) is 0. The number of nitrogens with zero attached hydrogens (tertiary/aromatic N) is 6. The molecular weight excluding hydrogens is 663 g/mol. The Labute approximate surface area is 289 Å². The normalized spacial score (nSPS) is 17.0. The zero-order valence-electron chi connectivity index (χ0n) is 27.4. The van der Waals surface area contributed by atoms with Gasteiger partial charge in [0.05, 0.1) is 55.0 Å². The molecular formula is C37H32F2N6O4S. The van der Waals surface area contributed by atoms with Gasteiger partial charge in [-0.1, -0.05) is 12.7 Å². The first-order valence-electron chi connectivity index (χ1n) is 16.2. The summed E-state index contributed by atoms with van der Waals surface area (Å²) in [6, 6.07) is 9.64. The molecule has 10 nitrogen and oxygen atoms in total. The highest BCUT2D eigenvalue weighted by molar-refractivity contribution is 7.18. The first-order valence-corrected chi connectivity index (χ1v) is 17.0. The molecule has 0 spiro atoms. The number of benzene rings is 2. The van der Waals surface area contributed by atoms with Gasteiger partial charge in [0.15, 0.2) is 0 Å². The van der Waals surface area contributed by atoms with E-state index in [0.717, 1.165) is 28.0 Å². The zero-order valence-corrected chi connectivity index (χ0v) is 28.2. The first-order chi connectivity index (χ1) is 24.3. The summed E-state index contributed by atoms with van der Waals surface area (Å²) >= 11 is 1.41. The number of pyridine rings is 1. The Morgan fingerprint density at radius 3 is 2.76 bits per heavy atom. The summed E-state index contributed by atoms with van der Waals surface area (Å²) in [6.07, 6.45) is 6.81. The van der Waals surface area contributed by atoms with Crippen molar-refractivity contribution >= 4 is 38.2 Å². The lowest BCUT2D eigenvalue weighted by atomic mass is 9.96. The highest BCUT2D eigenvalue weighted by Gasteiger charge is 2.31. The van der Waals surface area contributed by atoms with Gasteiger partial charge in [-0.25, -0.2) is 13.8 Å². The minimum absolute atomic E-state index is 0.0256. The Morgan fingerprint density at radius 1 is 1.04 bits per heavy atom. The molecule has 6 heterocycles. The molecule has 1 atom stereocenters. The number of ether oxygens (including phenoxy) is 3. The third-order valence-electron chi connectivity index (χ3n) is 9.05. The summed E-state index contributed by atoms with van der Waals surface area (Å²) in [5.74, 6) is -1.13. The molecule has 254 valence electrons. The van der Waals surface area contributed by atoms with Crippen LogP contribution in [0.15, 0.2) is 72.8 Å². The van der Waals surface area contributed by atoms with Crippen molar-refractivity contribution in [3.63, 3.8) is 0 Å². The van der Waals surface area contributed by atoms with E-state index >= 15 is 4.39 Å². The minimum Gasteiger partial charge on any atom is -0.490 e. The number of thiophene rings is 1. The van der Waals surface area contributed by atoms with E-state index in [1.54, 1.807) is 15.8 Å². The van der Waals surface area contributed by atoms with Crippen LogP contribution in [0.25, 0.3) is 54.8 Å². The van der Waals surface area contributed by atoms with Crippen molar-refractivity contribution in [2.24, 2.45) is 7.05 Å². The summed E-state index contributed by atoms with van der Waals surface area (Å²) in [5.41, 5.74) is 4.31. The van der Waals surface area contributed by atoms with Gasteiger partial charge in [0.1, 0.15) is 47.7 Å². The molecule has 4 aromatic heterocycles. The topological polar surface area (TPSA) is 96.5 Å². The molecule has 0 saturated carbocycles. The van der Waals surface area contributed by atoms with Crippen LogP contribution in [0.1, 0.15) is 12.6 Å². The molecule has 2 aliphatic heterocycles. The Kier molecular flexibility index (Phi) is 8.16. The van der Waals surface area contributed by atoms with Crippen molar-refractivity contribution in [2.45, 2.75) is 26.1 Å². The number of aryl methyl sites for hydroxylation is 1. The standard InChI is InChI=1S/C37H32F2N6O4S/c1-4-32(46)44-20-24-16-28(42-45(24)19-21(44)2)36-34-33-27(39)14-23(38)15-31(33)49-11-10-47-8-5-6-9-48-30-17-29-22(18-40-43(29)3)13-26(30)35(41-36)25-7-12-50-37(25)34/h4-7,12-18,21H,1,8-11,19-20H2,2-3H3/b6-5+/t21-/m1/s1. The number of carbonyl (C=O) groups excluding carboxylic acids is 1. The molecule has 2 bridgehead atoms. The van der Waals surface area contributed by atoms with E-state index in [0.29, 0.717) is 58.4 Å². The van der Waals surface area contributed by atoms with E-state index in [1.165, 1.54) is 23.5 Å². The quantitative estimate of drug-likeness (QED) is 0.144. The van der Waals surface area contributed by atoms with Crippen LogP contribution in [0.5, 0.6) is 11.5 Å². The molecule has 2 aromatic carbocycles. The molecule has 0 saturated heterocycles. The van der Waals surface area contributed by atoms with E-state index in [1.807, 2.05) is 60.5 Å². The van der Waals surface area contributed by atoms with Crippen LogP contribution in [0.2, 0.25) is 0 Å². The number of rotatable bonds is 2. The molecule has 0 radical (unpaired) electrons. The second-order valence-corrected chi connectivity index (χ2v) is 13.1. The molecule has 0 unspecified atom stereocenters. The highest BCUT2D eigenvalue weighted by atomic mass is 32.1. The van der Waals surface area contributed by atoms with Crippen LogP contribution in [0.4, 0.5) is 8.78 Å². The van der Waals surface area contributed by atoms with Gasteiger partial charge >= 0.3 is 0 Å². The maximum atomic E-state index is 16.2. The van der Waals surface area contributed by atoms with Gasteiger partial charge in [-0.15, -0.1) is 11.3 Å². The van der Waals surface area contributed by atoms with Crippen LogP contribution in [-0.2, 0) is 29.7 Å². The van der Waals surface area contributed by atoms with Gasteiger partial charge in [0.25, 0.3) is 0 Å². The second-order valence-electron chi connectivity index (χ2n) is 12.2. The van der Waals surface area contributed by atoms with E-state index in [2.05, 4.69) is 11.7 Å². The lowest BCUT2D eigenvalue weighted by molar-refractivity contribution is -0.129. The summed E-state index contributed by atoms with van der Waals surface area (Å²) < 4.78 is 53.5. The first kappa shape index (κ1) is 31.8. The second kappa shape index (κ2) is 12.8. The summed E-state index contributed by atoms with van der Waals surface area (Å²) in [7, 11) is 1.87. The Morgan fingerprint density at radius 2 is 1.90 bits per heavy atom. The van der Waals surface area contributed by atoms with Gasteiger partial charge in [-0.2, -0.15) is 10.2 Å². The van der Waals surface area contributed by atoms with E-state index < -0.39 is 11.6 Å². The number of halogens is 2. The lowest BCUT2D eigenvalue weighted by Gasteiger charge is -2.33. The van der Waals surface area contributed by atoms with E-state index in [-0.39, 0.29) is 43.1 Å². The van der Waals surface area contributed by atoms with Gasteiger partial charge in [-0.05, 0) is 42.7 Å². The third-order valence-corrected chi connectivity index (χ3v) is 9.98.